The van der Waals surface area contributed by atoms with Crippen molar-refractivity contribution in [2.75, 3.05) is 6.54 Å². The second-order valence-corrected chi connectivity index (χ2v) is 6.53. The lowest BCUT2D eigenvalue weighted by molar-refractivity contribution is 0.0487. The van der Waals surface area contributed by atoms with E-state index in [1.165, 1.54) is 24.0 Å². The number of aliphatic hydroxyl groups is 1. The zero-order valence-corrected chi connectivity index (χ0v) is 12.1. The van der Waals surface area contributed by atoms with Crippen molar-refractivity contribution in [2.24, 2.45) is 0 Å². The first-order valence-corrected chi connectivity index (χ1v) is 7.65. The Kier molecular flexibility index (Phi) is 3.40. The average molecular weight is 259 g/mol. The van der Waals surface area contributed by atoms with Crippen LogP contribution in [-0.4, -0.2) is 34.2 Å². The lowest BCUT2D eigenvalue weighted by atomic mass is 9.92. The molecule has 1 aliphatic heterocycles. The topological polar surface area (TPSA) is 23.5 Å². The van der Waals surface area contributed by atoms with Crippen molar-refractivity contribution >= 4 is 0 Å². The largest absolute Gasteiger partial charge is 0.388 e. The molecule has 2 fully saturated rings. The van der Waals surface area contributed by atoms with E-state index in [0.717, 1.165) is 31.8 Å². The Labute approximate surface area is 116 Å². The molecule has 1 saturated heterocycles. The van der Waals surface area contributed by atoms with Crippen molar-refractivity contribution in [3.8, 4) is 0 Å². The van der Waals surface area contributed by atoms with E-state index in [9.17, 15) is 5.11 Å². The SMILES string of the molecule is CCc1ccc(CC2(O)CC(C)N(C3CC3)C2)cc1. The third kappa shape index (κ3) is 2.85. The molecule has 2 atom stereocenters. The van der Waals surface area contributed by atoms with Crippen molar-refractivity contribution in [2.45, 2.75) is 63.6 Å². The van der Waals surface area contributed by atoms with Gasteiger partial charge in [-0.1, -0.05) is 31.2 Å². The van der Waals surface area contributed by atoms with E-state index in [0.29, 0.717) is 6.04 Å². The standard InChI is InChI=1S/C17H25NO/c1-3-14-4-6-15(7-5-14)11-17(19)10-13(2)18(12-17)16-8-9-16/h4-7,13,16,19H,3,8-12H2,1-2H3. The molecule has 0 bridgehead atoms. The van der Waals surface area contributed by atoms with Crippen LogP contribution in [0.25, 0.3) is 0 Å². The smallest absolute Gasteiger partial charge is 0.0829 e. The Morgan fingerprint density at radius 2 is 1.84 bits per heavy atom. The summed E-state index contributed by atoms with van der Waals surface area (Å²) in [6.45, 7) is 5.29. The summed E-state index contributed by atoms with van der Waals surface area (Å²) in [5, 5.41) is 10.8. The quantitative estimate of drug-likeness (QED) is 0.899. The Balaban J connectivity index is 1.67. The van der Waals surface area contributed by atoms with E-state index in [1.54, 1.807) is 0 Å². The van der Waals surface area contributed by atoms with Crippen LogP contribution in [0.5, 0.6) is 0 Å². The highest BCUT2D eigenvalue weighted by atomic mass is 16.3. The molecule has 2 aliphatic rings. The molecule has 1 N–H and O–H groups in total. The second kappa shape index (κ2) is 4.92. The number of hydrogen-bond acceptors (Lipinski definition) is 2. The number of β-amino-alcohol motifs (C(OH)–C–C–N with tert-alkyl or cyclic N) is 1. The molecule has 0 spiro atoms. The third-order valence-electron chi connectivity index (χ3n) is 4.70. The van der Waals surface area contributed by atoms with Gasteiger partial charge in [-0.05, 0) is 43.7 Å². The number of rotatable bonds is 4. The van der Waals surface area contributed by atoms with Gasteiger partial charge in [-0.15, -0.1) is 0 Å². The lowest BCUT2D eigenvalue weighted by Crippen LogP contribution is -2.36. The fourth-order valence-corrected chi connectivity index (χ4v) is 3.52. The zero-order valence-electron chi connectivity index (χ0n) is 12.1. The molecule has 1 saturated carbocycles. The van der Waals surface area contributed by atoms with Gasteiger partial charge in [0.15, 0.2) is 0 Å². The van der Waals surface area contributed by atoms with Gasteiger partial charge in [0, 0.05) is 25.0 Å². The summed E-state index contributed by atoms with van der Waals surface area (Å²) < 4.78 is 0. The predicted octanol–water partition coefficient (Wildman–Crippen LogP) is 2.78. The first kappa shape index (κ1) is 13.1. The van der Waals surface area contributed by atoms with Gasteiger partial charge in [0.05, 0.1) is 5.60 Å². The lowest BCUT2D eigenvalue weighted by Gasteiger charge is -2.24. The first-order chi connectivity index (χ1) is 9.09. The highest BCUT2D eigenvalue weighted by molar-refractivity contribution is 5.24. The summed E-state index contributed by atoms with van der Waals surface area (Å²) >= 11 is 0. The third-order valence-corrected chi connectivity index (χ3v) is 4.70. The van der Waals surface area contributed by atoms with Crippen LogP contribution in [0.2, 0.25) is 0 Å². The van der Waals surface area contributed by atoms with Gasteiger partial charge >= 0.3 is 0 Å². The molecule has 19 heavy (non-hydrogen) atoms. The van der Waals surface area contributed by atoms with Crippen molar-refractivity contribution in [3.63, 3.8) is 0 Å². The van der Waals surface area contributed by atoms with Gasteiger partial charge in [-0.25, -0.2) is 0 Å². The Morgan fingerprint density at radius 1 is 1.21 bits per heavy atom. The number of likely N-dealkylation sites (tertiary alicyclic amines) is 1. The fourth-order valence-electron chi connectivity index (χ4n) is 3.52. The van der Waals surface area contributed by atoms with E-state index >= 15 is 0 Å². The van der Waals surface area contributed by atoms with E-state index in [2.05, 4.69) is 43.0 Å². The molecule has 1 aromatic rings. The Bertz CT molecular complexity index is 437. The van der Waals surface area contributed by atoms with Gasteiger partial charge in [0.25, 0.3) is 0 Å². The maximum atomic E-state index is 10.8. The highest BCUT2D eigenvalue weighted by Crippen LogP contribution is 2.38. The maximum Gasteiger partial charge on any atom is 0.0829 e. The number of hydrogen-bond donors (Lipinski definition) is 1. The average Bonchev–Trinajstić information content (AvgIpc) is 3.17. The molecular weight excluding hydrogens is 234 g/mol. The number of nitrogens with zero attached hydrogens (tertiary/aromatic N) is 1. The Hall–Kier alpha value is -0.860. The van der Waals surface area contributed by atoms with Gasteiger partial charge < -0.3 is 5.11 Å². The fraction of sp³-hybridized carbons (Fsp3) is 0.647. The molecule has 2 unspecified atom stereocenters. The summed E-state index contributed by atoms with van der Waals surface area (Å²) in [5.41, 5.74) is 2.12. The van der Waals surface area contributed by atoms with Crippen LogP contribution in [0.1, 0.15) is 44.2 Å². The monoisotopic (exact) mass is 259 g/mol. The summed E-state index contributed by atoms with van der Waals surface area (Å²) in [5.74, 6) is 0. The van der Waals surface area contributed by atoms with E-state index in [4.69, 9.17) is 0 Å². The second-order valence-electron chi connectivity index (χ2n) is 6.53. The molecule has 2 heteroatoms. The van der Waals surface area contributed by atoms with Gasteiger partial charge in [-0.3, -0.25) is 4.90 Å². The predicted molar refractivity (Wildman–Crippen MR) is 78.3 cm³/mol. The molecule has 1 heterocycles. The van der Waals surface area contributed by atoms with Crippen molar-refractivity contribution in [3.05, 3.63) is 35.4 Å². The minimum Gasteiger partial charge on any atom is -0.388 e. The van der Waals surface area contributed by atoms with Crippen LogP contribution in [0.4, 0.5) is 0 Å². The molecule has 0 amide bonds. The van der Waals surface area contributed by atoms with Crippen LogP contribution in [0, 0.1) is 0 Å². The minimum atomic E-state index is -0.518. The molecule has 1 aliphatic carbocycles. The summed E-state index contributed by atoms with van der Waals surface area (Å²) in [4.78, 5) is 2.51. The van der Waals surface area contributed by atoms with Crippen molar-refractivity contribution in [1.29, 1.82) is 0 Å². The van der Waals surface area contributed by atoms with E-state index in [-0.39, 0.29) is 0 Å². The van der Waals surface area contributed by atoms with Gasteiger partial charge in [0.1, 0.15) is 0 Å². The molecule has 104 valence electrons. The van der Waals surface area contributed by atoms with Crippen molar-refractivity contribution in [1.82, 2.24) is 4.90 Å². The zero-order chi connectivity index (χ0) is 13.5. The summed E-state index contributed by atoms with van der Waals surface area (Å²) in [7, 11) is 0. The van der Waals surface area contributed by atoms with Crippen molar-refractivity contribution < 1.29 is 5.11 Å². The molecule has 0 radical (unpaired) electrons. The Morgan fingerprint density at radius 3 is 2.42 bits per heavy atom. The number of aryl methyl sites for hydroxylation is 1. The van der Waals surface area contributed by atoms with Crippen LogP contribution in [-0.2, 0) is 12.8 Å². The molecule has 1 aromatic carbocycles. The normalized spacial score (nSPS) is 31.8. The molecule has 2 nitrogen and oxygen atoms in total. The highest BCUT2D eigenvalue weighted by Gasteiger charge is 2.45. The van der Waals surface area contributed by atoms with Gasteiger partial charge in [0.2, 0.25) is 0 Å². The summed E-state index contributed by atoms with van der Waals surface area (Å²) in [6.07, 6.45) is 5.44. The summed E-state index contributed by atoms with van der Waals surface area (Å²) in [6, 6.07) is 10.0. The van der Waals surface area contributed by atoms with Crippen LogP contribution in [0.3, 0.4) is 0 Å². The maximum absolute atomic E-state index is 10.8. The van der Waals surface area contributed by atoms with E-state index < -0.39 is 5.60 Å². The van der Waals surface area contributed by atoms with E-state index in [1.807, 2.05) is 0 Å². The van der Waals surface area contributed by atoms with Crippen LogP contribution < -0.4 is 0 Å². The first-order valence-electron chi connectivity index (χ1n) is 7.65. The molecule has 0 aromatic heterocycles. The van der Waals surface area contributed by atoms with Crippen LogP contribution in [0.15, 0.2) is 24.3 Å². The van der Waals surface area contributed by atoms with Crippen LogP contribution >= 0.6 is 0 Å². The van der Waals surface area contributed by atoms with Gasteiger partial charge in [-0.2, -0.15) is 0 Å². The number of benzene rings is 1. The minimum absolute atomic E-state index is 0.518. The molecular formula is C17H25NO. The molecule has 3 rings (SSSR count).